The van der Waals surface area contributed by atoms with Crippen LogP contribution < -0.4 is 10.6 Å². The third-order valence-electron chi connectivity index (χ3n) is 6.57. The van der Waals surface area contributed by atoms with E-state index < -0.39 is 5.97 Å². The van der Waals surface area contributed by atoms with E-state index in [1.165, 1.54) is 0 Å². The topological polar surface area (TPSA) is 180 Å². The zero-order valence-electron chi connectivity index (χ0n) is 28.8. The summed E-state index contributed by atoms with van der Waals surface area (Å²) in [6.45, 7) is 13.2. The van der Waals surface area contributed by atoms with Crippen molar-refractivity contribution < 1.29 is 66.8 Å². The molecule has 0 radical (unpaired) electrons. The van der Waals surface area contributed by atoms with E-state index in [2.05, 4.69) is 10.6 Å². The summed E-state index contributed by atoms with van der Waals surface area (Å²) < 4.78 is 60.5. The van der Waals surface area contributed by atoms with Gasteiger partial charge in [-0.3, -0.25) is 9.59 Å². The molecule has 1 aliphatic heterocycles. The average Bonchev–Trinajstić information content (AvgIpc) is 3.09. The van der Waals surface area contributed by atoms with E-state index in [0.717, 1.165) is 25.9 Å². The lowest BCUT2D eigenvalue weighted by atomic mass is 10.1. The second kappa shape index (κ2) is 36.7. The minimum atomic E-state index is -0.982. The maximum absolute atomic E-state index is 11.4. The Labute approximate surface area is 286 Å². The van der Waals surface area contributed by atoms with Gasteiger partial charge in [-0.15, -0.1) is 0 Å². The Kier molecular flexibility index (Phi) is 34.0. The Bertz CT molecular complexity index is 704. The normalized spacial score (nSPS) is 13.7. The van der Waals surface area contributed by atoms with Gasteiger partial charge in [0, 0.05) is 19.6 Å². The first-order chi connectivity index (χ1) is 23.7. The molecule has 3 N–H and O–H groups in total. The van der Waals surface area contributed by atoms with Gasteiger partial charge in [-0.1, -0.05) is 0 Å². The van der Waals surface area contributed by atoms with Gasteiger partial charge in [0.1, 0.15) is 0 Å². The molecule has 1 saturated heterocycles. The molecule has 16 nitrogen and oxygen atoms in total. The fourth-order valence-electron chi connectivity index (χ4n) is 4.03. The van der Waals surface area contributed by atoms with Crippen LogP contribution in [-0.4, -0.2) is 181 Å². The quantitative estimate of drug-likeness (QED) is 0.0749. The van der Waals surface area contributed by atoms with Crippen LogP contribution in [0.4, 0.5) is 0 Å². The van der Waals surface area contributed by atoms with Gasteiger partial charge < -0.3 is 67.8 Å². The van der Waals surface area contributed by atoms with Gasteiger partial charge in [-0.25, -0.2) is 0 Å². The Hall–Kier alpha value is -1.54. The van der Waals surface area contributed by atoms with Crippen molar-refractivity contribution in [2.75, 3.05) is 158 Å². The van der Waals surface area contributed by atoms with E-state index in [1.54, 1.807) is 0 Å². The van der Waals surface area contributed by atoms with Crippen molar-refractivity contribution in [1.29, 1.82) is 0 Å². The first kappa shape index (κ1) is 44.5. The summed E-state index contributed by atoms with van der Waals surface area (Å²) in [6.07, 6.45) is 2.99. The number of carbonyl (C=O) groups excluding carboxylic acids is 1. The van der Waals surface area contributed by atoms with E-state index in [0.29, 0.717) is 158 Å². The van der Waals surface area contributed by atoms with Crippen LogP contribution in [0.1, 0.15) is 32.1 Å². The standard InChI is InChI=1S/C32H62N2O14/c35-31(2-3-32(36)37)34-6-1-9-38-10-11-39-12-13-40-14-15-41-16-17-42-18-19-43-20-21-44-22-23-45-24-25-46-26-27-47-28-29-48-30-4-7-33-8-5-30/h30,33H,1-29H2,(H,34,35)(H,36,37). The molecular formula is C32H62N2O14. The highest BCUT2D eigenvalue weighted by atomic mass is 16.6. The molecule has 0 bridgehead atoms. The largest absolute Gasteiger partial charge is 0.481 e. The second-order valence-electron chi connectivity index (χ2n) is 10.5. The van der Waals surface area contributed by atoms with Crippen LogP contribution in [0.15, 0.2) is 0 Å². The molecule has 1 rings (SSSR count). The highest BCUT2D eigenvalue weighted by Gasteiger charge is 2.12. The van der Waals surface area contributed by atoms with Crippen molar-refractivity contribution in [1.82, 2.24) is 10.6 Å². The van der Waals surface area contributed by atoms with Crippen LogP contribution >= 0.6 is 0 Å². The van der Waals surface area contributed by atoms with Gasteiger partial charge >= 0.3 is 5.97 Å². The van der Waals surface area contributed by atoms with E-state index in [9.17, 15) is 9.59 Å². The van der Waals surface area contributed by atoms with Crippen molar-refractivity contribution >= 4 is 11.9 Å². The number of hydrogen-bond acceptors (Lipinski definition) is 14. The Morgan fingerprint density at radius 1 is 0.500 bits per heavy atom. The number of nitrogens with one attached hydrogen (secondary N) is 2. The summed E-state index contributed by atoms with van der Waals surface area (Å²) in [5.41, 5.74) is 0. The molecule has 0 aromatic rings. The molecule has 0 saturated carbocycles. The van der Waals surface area contributed by atoms with Crippen molar-refractivity contribution in [2.24, 2.45) is 0 Å². The number of carboxylic acid groups (broad SMARTS) is 1. The number of carboxylic acids is 1. The fourth-order valence-corrected chi connectivity index (χ4v) is 4.03. The average molecular weight is 699 g/mol. The smallest absolute Gasteiger partial charge is 0.303 e. The summed E-state index contributed by atoms with van der Waals surface area (Å²) in [5, 5.41) is 14.5. The maximum Gasteiger partial charge on any atom is 0.303 e. The zero-order chi connectivity index (χ0) is 34.4. The number of amides is 1. The number of rotatable bonds is 38. The second-order valence-corrected chi connectivity index (χ2v) is 10.5. The Morgan fingerprint density at radius 2 is 0.833 bits per heavy atom. The fraction of sp³-hybridized carbons (Fsp3) is 0.938. The van der Waals surface area contributed by atoms with Crippen LogP contribution in [0.3, 0.4) is 0 Å². The van der Waals surface area contributed by atoms with Crippen molar-refractivity contribution in [3.8, 4) is 0 Å². The molecule has 16 heteroatoms. The molecule has 1 fully saturated rings. The Morgan fingerprint density at radius 3 is 1.19 bits per heavy atom. The van der Waals surface area contributed by atoms with Gasteiger partial charge in [-0.2, -0.15) is 0 Å². The number of aliphatic carboxylic acids is 1. The van der Waals surface area contributed by atoms with Gasteiger partial charge in [-0.05, 0) is 32.4 Å². The van der Waals surface area contributed by atoms with Gasteiger partial charge in [0.05, 0.1) is 145 Å². The van der Waals surface area contributed by atoms with Crippen molar-refractivity contribution in [2.45, 2.75) is 38.2 Å². The first-order valence-electron chi connectivity index (χ1n) is 17.3. The SMILES string of the molecule is O=C(O)CCC(=O)NCCCOCCOCCOCCOCCOCCOCCOCCOCCOCCOCCOC1CCNCC1. The Balaban J connectivity index is 1.61. The number of hydrogen-bond donors (Lipinski definition) is 3. The lowest BCUT2D eigenvalue weighted by Gasteiger charge is -2.22. The van der Waals surface area contributed by atoms with Crippen molar-refractivity contribution in [3.63, 3.8) is 0 Å². The molecule has 0 aliphatic carbocycles. The molecule has 284 valence electrons. The molecule has 1 heterocycles. The summed E-state index contributed by atoms with van der Waals surface area (Å²) in [4.78, 5) is 21.8. The predicted molar refractivity (Wildman–Crippen MR) is 175 cm³/mol. The molecule has 0 spiro atoms. The molecule has 0 atom stereocenters. The predicted octanol–water partition coefficient (Wildman–Crippen LogP) is 0.292. The lowest BCUT2D eigenvalue weighted by molar-refractivity contribution is -0.138. The molecule has 1 aliphatic rings. The van der Waals surface area contributed by atoms with Crippen LogP contribution in [0.5, 0.6) is 0 Å². The van der Waals surface area contributed by atoms with Crippen molar-refractivity contribution in [3.05, 3.63) is 0 Å². The number of piperidine rings is 1. The summed E-state index contributed by atoms with van der Waals surface area (Å²) in [6, 6.07) is 0. The van der Waals surface area contributed by atoms with Crippen LogP contribution in [0.2, 0.25) is 0 Å². The molecule has 48 heavy (non-hydrogen) atoms. The highest BCUT2D eigenvalue weighted by molar-refractivity contribution is 5.80. The number of ether oxygens (including phenoxy) is 11. The molecule has 0 unspecified atom stereocenters. The first-order valence-corrected chi connectivity index (χ1v) is 17.3. The highest BCUT2D eigenvalue weighted by Crippen LogP contribution is 2.06. The third kappa shape index (κ3) is 34.3. The molecule has 0 aromatic carbocycles. The van der Waals surface area contributed by atoms with E-state index in [1.807, 2.05) is 0 Å². The lowest BCUT2D eigenvalue weighted by Crippen LogP contribution is -2.33. The summed E-state index contributed by atoms with van der Waals surface area (Å²) >= 11 is 0. The summed E-state index contributed by atoms with van der Waals surface area (Å²) in [5.74, 6) is -1.25. The monoisotopic (exact) mass is 698 g/mol. The summed E-state index contributed by atoms with van der Waals surface area (Å²) in [7, 11) is 0. The van der Waals surface area contributed by atoms with Gasteiger partial charge in [0.25, 0.3) is 0 Å². The molecule has 0 aromatic heterocycles. The van der Waals surface area contributed by atoms with E-state index in [4.69, 9.17) is 57.2 Å². The number of carbonyl (C=O) groups is 2. The maximum atomic E-state index is 11.4. The van der Waals surface area contributed by atoms with Crippen LogP contribution in [0, 0.1) is 0 Å². The third-order valence-corrected chi connectivity index (χ3v) is 6.57. The van der Waals surface area contributed by atoms with Gasteiger partial charge in [0.15, 0.2) is 0 Å². The van der Waals surface area contributed by atoms with E-state index in [-0.39, 0.29) is 18.7 Å². The molecular weight excluding hydrogens is 636 g/mol. The van der Waals surface area contributed by atoms with Gasteiger partial charge in [0.2, 0.25) is 5.91 Å². The van der Waals surface area contributed by atoms with E-state index >= 15 is 0 Å². The van der Waals surface area contributed by atoms with Crippen LogP contribution in [0.25, 0.3) is 0 Å². The molecule has 1 amide bonds. The minimum absolute atomic E-state index is 0.00905. The zero-order valence-corrected chi connectivity index (χ0v) is 28.8. The van der Waals surface area contributed by atoms with Crippen LogP contribution in [-0.2, 0) is 61.7 Å². The minimum Gasteiger partial charge on any atom is -0.481 e.